The predicted molar refractivity (Wildman–Crippen MR) is 108 cm³/mol. The molecular formula is C23H25N3O2. The molecule has 0 aliphatic heterocycles. The molecule has 0 unspecified atom stereocenters. The summed E-state index contributed by atoms with van der Waals surface area (Å²) in [6.07, 6.45) is 5.61. The smallest absolute Gasteiger partial charge is 0.227 e. The number of carbonyl (C=O) groups is 1. The molecule has 1 aliphatic carbocycles. The summed E-state index contributed by atoms with van der Waals surface area (Å²) < 4.78 is 5.28. The van der Waals surface area contributed by atoms with Crippen LogP contribution >= 0.6 is 0 Å². The van der Waals surface area contributed by atoms with E-state index in [1.807, 2.05) is 37.3 Å². The van der Waals surface area contributed by atoms with E-state index in [4.69, 9.17) is 4.52 Å². The first-order valence-corrected chi connectivity index (χ1v) is 9.98. The van der Waals surface area contributed by atoms with Gasteiger partial charge in [0.25, 0.3) is 0 Å². The third-order valence-corrected chi connectivity index (χ3v) is 5.32. The number of amides is 1. The van der Waals surface area contributed by atoms with Crippen LogP contribution in [-0.2, 0) is 24.1 Å². The SMILES string of the molecule is C[C@@H](NC(=O)CCc1nc(-c2ccccc2)no1)c1ccc2c(c1)CCCC2. The third-order valence-electron chi connectivity index (χ3n) is 5.32. The maximum atomic E-state index is 12.4. The second-order valence-electron chi connectivity index (χ2n) is 7.40. The zero-order chi connectivity index (χ0) is 19.3. The number of nitrogens with one attached hydrogen (secondary N) is 1. The molecule has 5 nitrogen and oxygen atoms in total. The lowest BCUT2D eigenvalue weighted by molar-refractivity contribution is -0.121. The Morgan fingerprint density at radius 1 is 1.11 bits per heavy atom. The minimum atomic E-state index is -0.0118. The largest absolute Gasteiger partial charge is 0.350 e. The molecule has 0 fully saturated rings. The molecular weight excluding hydrogens is 350 g/mol. The van der Waals surface area contributed by atoms with Gasteiger partial charge in [0, 0.05) is 18.4 Å². The molecule has 2 aromatic carbocycles. The lowest BCUT2D eigenvalue weighted by atomic mass is 9.89. The number of nitrogens with zero attached hydrogens (tertiary/aromatic N) is 2. The van der Waals surface area contributed by atoms with Crippen LogP contribution in [-0.4, -0.2) is 16.0 Å². The Morgan fingerprint density at radius 2 is 1.89 bits per heavy atom. The van der Waals surface area contributed by atoms with E-state index in [1.54, 1.807) is 0 Å². The lowest BCUT2D eigenvalue weighted by Crippen LogP contribution is -2.27. The van der Waals surface area contributed by atoms with Crippen LogP contribution in [0.4, 0.5) is 0 Å². The fourth-order valence-corrected chi connectivity index (χ4v) is 3.70. The van der Waals surface area contributed by atoms with E-state index in [2.05, 4.69) is 33.7 Å². The summed E-state index contributed by atoms with van der Waals surface area (Å²) >= 11 is 0. The molecule has 0 bridgehead atoms. The number of hydrogen-bond acceptors (Lipinski definition) is 4. The number of aryl methyl sites for hydroxylation is 3. The maximum absolute atomic E-state index is 12.4. The second kappa shape index (κ2) is 8.38. The summed E-state index contributed by atoms with van der Waals surface area (Å²) in [4.78, 5) is 16.7. The minimum Gasteiger partial charge on any atom is -0.350 e. The first kappa shape index (κ1) is 18.4. The van der Waals surface area contributed by atoms with Gasteiger partial charge in [-0.1, -0.05) is 53.7 Å². The fourth-order valence-electron chi connectivity index (χ4n) is 3.70. The van der Waals surface area contributed by atoms with E-state index in [0.29, 0.717) is 24.6 Å². The molecule has 0 saturated heterocycles. The Morgan fingerprint density at radius 3 is 2.71 bits per heavy atom. The molecule has 5 heteroatoms. The highest BCUT2D eigenvalue weighted by molar-refractivity contribution is 5.76. The van der Waals surface area contributed by atoms with Crippen molar-refractivity contribution in [2.45, 2.75) is 51.5 Å². The van der Waals surface area contributed by atoms with Crippen molar-refractivity contribution in [3.8, 4) is 11.4 Å². The van der Waals surface area contributed by atoms with Gasteiger partial charge in [0.2, 0.25) is 17.6 Å². The quantitative estimate of drug-likeness (QED) is 0.692. The van der Waals surface area contributed by atoms with Gasteiger partial charge >= 0.3 is 0 Å². The number of rotatable bonds is 6. The highest BCUT2D eigenvalue weighted by Gasteiger charge is 2.15. The van der Waals surface area contributed by atoms with Crippen LogP contribution < -0.4 is 5.32 Å². The average molecular weight is 375 g/mol. The monoisotopic (exact) mass is 375 g/mol. The summed E-state index contributed by atoms with van der Waals surface area (Å²) in [5, 5.41) is 7.08. The van der Waals surface area contributed by atoms with Gasteiger partial charge in [0.1, 0.15) is 0 Å². The maximum Gasteiger partial charge on any atom is 0.227 e. The van der Waals surface area contributed by atoms with Gasteiger partial charge in [-0.05, 0) is 49.3 Å². The molecule has 3 aromatic rings. The van der Waals surface area contributed by atoms with Crippen molar-refractivity contribution >= 4 is 5.91 Å². The van der Waals surface area contributed by atoms with Gasteiger partial charge in [-0.2, -0.15) is 4.98 Å². The van der Waals surface area contributed by atoms with Crippen LogP contribution in [0.3, 0.4) is 0 Å². The molecule has 1 heterocycles. The Balaban J connectivity index is 1.31. The lowest BCUT2D eigenvalue weighted by Gasteiger charge is -2.20. The van der Waals surface area contributed by atoms with Gasteiger partial charge in [0.05, 0.1) is 6.04 Å². The van der Waals surface area contributed by atoms with Crippen molar-refractivity contribution in [2.24, 2.45) is 0 Å². The third kappa shape index (κ3) is 4.30. The van der Waals surface area contributed by atoms with Gasteiger partial charge in [-0.25, -0.2) is 0 Å². The van der Waals surface area contributed by atoms with Crippen LogP contribution in [0.2, 0.25) is 0 Å². The molecule has 0 saturated carbocycles. The number of fused-ring (bicyclic) bond motifs is 1. The highest BCUT2D eigenvalue weighted by atomic mass is 16.5. The molecule has 1 atom stereocenters. The van der Waals surface area contributed by atoms with Crippen molar-refractivity contribution < 1.29 is 9.32 Å². The van der Waals surface area contributed by atoms with E-state index in [0.717, 1.165) is 17.5 Å². The number of hydrogen-bond donors (Lipinski definition) is 1. The van der Waals surface area contributed by atoms with E-state index in [1.165, 1.54) is 30.4 Å². The first-order chi connectivity index (χ1) is 13.7. The number of benzene rings is 2. The predicted octanol–water partition coefficient (Wildman–Crippen LogP) is 4.43. The Kier molecular flexibility index (Phi) is 5.51. The number of carbonyl (C=O) groups excluding carboxylic acids is 1. The van der Waals surface area contributed by atoms with Crippen LogP contribution in [0.5, 0.6) is 0 Å². The zero-order valence-corrected chi connectivity index (χ0v) is 16.1. The Bertz CT molecular complexity index is 949. The van der Waals surface area contributed by atoms with Crippen molar-refractivity contribution in [1.29, 1.82) is 0 Å². The van der Waals surface area contributed by atoms with Crippen molar-refractivity contribution in [3.63, 3.8) is 0 Å². The summed E-state index contributed by atoms with van der Waals surface area (Å²) in [7, 11) is 0. The molecule has 4 rings (SSSR count). The Labute approximate surface area is 165 Å². The van der Waals surface area contributed by atoms with Crippen molar-refractivity contribution in [1.82, 2.24) is 15.5 Å². The van der Waals surface area contributed by atoms with Gasteiger partial charge in [-0.3, -0.25) is 4.79 Å². The van der Waals surface area contributed by atoms with Crippen LogP contribution in [0.1, 0.15) is 54.8 Å². The van der Waals surface area contributed by atoms with E-state index in [9.17, 15) is 4.79 Å². The second-order valence-corrected chi connectivity index (χ2v) is 7.40. The minimum absolute atomic E-state index is 0.00955. The molecule has 1 amide bonds. The van der Waals surface area contributed by atoms with Crippen molar-refractivity contribution in [3.05, 3.63) is 71.1 Å². The summed E-state index contributed by atoms with van der Waals surface area (Å²) in [6, 6.07) is 16.3. The number of aromatic nitrogens is 2. The molecule has 0 spiro atoms. The molecule has 1 aliphatic rings. The van der Waals surface area contributed by atoms with E-state index >= 15 is 0 Å². The van der Waals surface area contributed by atoms with Crippen LogP contribution in [0.25, 0.3) is 11.4 Å². The van der Waals surface area contributed by atoms with Gasteiger partial charge in [-0.15, -0.1) is 0 Å². The Hall–Kier alpha value is -2.95. The molecule has 0 radical (unpaired) electrons. The standard InChI is InChI=1S/C23H25N3O2/c1-16(19-12-11-17-7-5-6-10-20(17)15-19)24-21(27)13-14-22-25-23(26-28-22)18-8-3-2-4-9-18/h2-4,8-9,11-12,15-16H,5-7,10,13-14H2,1H3,(H,24,27)/t16-/m1/s1. The van der Waals surface area contributed by atoms with Crippen LogP contribution in [0, 0.1) is 0 Å². The zero-order valence-electron chi connectivity index (χ0n) is 16.1. The van der Waals surface area contributed by atoms with Gasteiger partial charge < -0.3 is 9.84 Å². The van der Waals surface area contributed by atoms with Gasteiger partial charge in [0.15, 0.2) is 0 Å². The molecule has 1 N–H and O–H groups in total. The van der Waals surface area contributed by atoms with Crippen LogP contribution in [0.15, 0.2) is 53.1 Å². The normalized spacial score (nSPS) is 14.3. The molecule has 1 aromatic heterocycles. The molecule has 28 heavy (non-hydrogen) atoms. The fraction of sp³-hybridized carbons (Fsp3) is 0.348. The van der Waals surface area contributed by atoms with E-state index < -0.39 is 0 Å². The average Bonchev–Trinajstić information content (AvgIpc) is 3.22. The summed E-state index contributed by atoms with van der Waals surface area (Å²) in [6.45, 7) is 2.03. The molecule has 144 valence electrons. The highest BCUT2D eigenvalue weighted by Crippen LogP contribution is 2.25. The topological polar surface area (TPSA) is 68.0 Å². The van der Waals surface area contributed by atoms with Crippen molar-refractivity contribution in [2.75, 3.05) is 0 Å². The summed E-state index contributed by atoms with van der Waals surface area (Å²) in [5.41, 5.74) is 4.96. The van der Waals surface area contributed by atoms with E-state index in [-0.39, 0.29) is 11.9 Å². The first-order valence-electron chi connectivity index (χ1n) is 9.98. The summed E-state index contributed by atoms with van der Waals surface area (Å²) in [5.74, 6) is 1.03.